The fourth-order valence-corrected chi connectivity index (χ4v) is 4.31. The molecule has 204 valence electrons. The lowest BCUT2D eigenvalue weighted by Gasteiger charge is -2.29. The average molecular weight is 520 g/mol. The molecule has 2 aromatic rings. The van der Waals surface area contributed by atoms with Gasteiger partial charge in [-0.15, -0.1) is 0 Å². The molecule has 2 amide bonds. The number of benzene rings is 2. The molecule has 9 heteroatoms. The number of carbonyl (C=O) groups is 2. The molecule has 0 saturated heterocycles. The van der Waals surface area contributed by atoms with E-state index in [2.05, 4.69) is 0 Å². The van der Waals surface area contributed by atoms with Crippen LogP contribution in [0.1, 0.15) is 65.5 Å². The van der Waals surface area contributed by atoms with E-state index in [1.54, 1.807) is 24.0 Å². The second-order valence-corrected chi connectivity index (χ2v) is 9.65. The van der Waals surface area contributed by atoms with Crippen molar-refractivity contribution in [2.24, 2.45) is 5.73 Å². The molecule has 0 radical (unpaired) electrons. The smallest absolute Gasteiger partial charge is 0.254 e. The number of aliphatic hydroxyl groups is 2. The van der Waals surface area contributed by atoms with Crippen LogP contribution in [0.15, 0.2) is 36.4 Å². The quantitative estimate of drug-likeness (QED) is 0.377. The number of nitrogens with two attached hydrogens (primary N) is 1. The molecule has 3 atom stereocenters. The molecule has 0 aliphatic heterocycles. The molecule has 4 N–H and O–H groups in total. The van der Waals surface area contributed by atoms with Crippen molar-refractivity contribution in [3.8, 4) is 0 Å². The van der Waals surface area contributed by atoms with E-state index in [-0.39, 0.29) is 36.5 Å². The molecule has 7 nitrogen and oxygen atoms in total. The first-order valence-electron chi connectivity index (χ1n) is 12.7. The van der Waals surface area contributed by atoms with Crippen LogP contribution in [0.25, 0.3) is 0 Å². The lowest BCUT2D eigenvalue weighted by molar-refractivity contribution is 0.0441. The van der Waals surface area contributed by atoms with Crippen molar-refractivity contribution in [2.45, 2.75) is 65.2 Å². The van der Waals surface area contributed by atoms with Crippen molar-refractivity contribution >= 4 is 11.8 Å². The maximum Gasteiger partial charge on any atom is 0.254 e. The third-order valence-electron chi connectivity index (χ3n) is 5.91. The second-order valence-electron chi connectivity index (χ2n) is 9.65. The minimum Gasteiger partial charge on any atom is -0.392 e. The van der Waals surface area contributed by atoms with Crippen molar-refractivity contribution in [3.63, 3.8) is 0 Å². The number of halogens is 2. The molecule has 0 spiro atoms. The highest BCUT2D eigenvalue weighted by atomic mass is 19.1. The summed E-state index contributed by atoms with van der Waals surface area (Å²) in [5.74, 6) is -2.13. The Kier molecular flexibility index (Phi) is 11.6. The predicted octanol–water partition coefficient (Wildman–Crippen LogP) is 3.29. The largest absolute Gasteiger partial charge is 0.392 e. The van der Waals surface area contributed by atoms with Gasteiger partial charge in [-0.05, 0) is 74.6 Å². The van der Waals surface area contributed by atoms with Crippen LogP contribution in [0.4, 0.5) is 8.78 Å². The van der Waals surface area contributed by atoms with Crippen LogP contribution in [0.5, 0.6) is 0 Å². The van der Waals surface area contributed by atoms with Crippen molar-refractivity contribution in [2.75, 3.05) is 26.2 Å². The number of nitrogens with zero attached hydrogens (tertiary/aromatic N) is 2. The molecule has 0 bridgehead atoms. The third-order valence-corrected chi connectivity index (χ3v) is 5.91. The number of hydrogen-bond acceptors (Lipinski definition) is 5. The van der Waals surface area contributed by atoms with Crippen molar-refractivity contribution < 1.29 is 28.6 Å². The number of amides is 2. The van der Waals surface area contributed by atoms with E-state index in [4.69, 9.17) is 5.73 Å². The monoisotopic (exact) mass is 519 g/mol. The Morgan fingerprint density at radius 1 is 0.865 bits per heavy atom. The molecule has 2 rings (SSSR count). The topological polar surface area (TPSA) is 107 Å². The van der Waals surface area contributed by atoms with Crippen LogP contribution in [0.3, 0.4) is 0 Å². The Morgan fingerprint density at radius 2 is 1.38 bits per heavy atom. The maximum atomic E-state index is 13.5. The first kappa shape index (κ1) is 30.3. The lowest BCUT2D eigenvalue weighted by atomic mass is 10.0. The Morgan fingerprint density at radius 3 is 1.86 bits per heavy atom. The van der Waals surface area contributed by atoms with Gasteiger partial charge in [0.2, 0.25) is 0 Å². The van der Waals surface area contributed by atoms with Crippen molar-refractivity contribution in [1.29, 1.82) is 0 Å². The molecule has 0 fully saturated rings. The normalized spacial score (nSPS) is 13.6. The molecule has 0 aliphatic carbocycles. The summed E-state index contributed by atoms with van der Waals surface area (Å²) in [5.41, 5.74) is 7.76. The Hall–Kier alpha value is -2.88. The van der Waals surface area contributed by atoms with Crippen LogP contribution < -0.4 is 5.73 Å². The number of carbonyl (C=O) groups excluding carboxylic acids is 2. The van der Waals surface area contributed by atoms with Crippen molar-refractivity contribution in [3.05, 3.63) is 70.3 Å². The lowest BCUT2D eigenvalue weighted by Crippen LogP contribution is -2.48. The zero-order chi connectivity index (χ0) is 27.7. The zero-order valence-corrected chi connectivity index (χ0v) is 22.1. The minimum atomic E-state index is -1.23. The molecule has 0 saturated carbocycles. The van der Waals surface area contributed by atoms with Gasteiger partial charge in [0.15, 0.2) is 0 Å². The Labute approximate surface area is 217 Å². The highest BCUT2D eigenvalue weighted by molar-refractivity contribution is 6.00. The van der Waals surface area contributed by atoms with Crippen LogP contribution >= 0.6 is 0 Å². The van der Waals surface area contributed by atoms with E-state index in [9.17, 15) is 28.6 Å². The molecule has 2 aromatic carbocycles. The molecule has 0 aliphatic rings. The summed E-state index contributed by atoms with van der Waals surface area (Å²) >= 11 is 0. The zero-order valence-electron chi connectivity index (χ0n) is 22.1. The van der Waals surface area contributed by atoms with Gasteiger partial charge in [0, 0.05) is 49.4 Å². The summed E-state index contributed by atoms with van der Waals surface area (Å²) in [4.78, 5) is 29.6. The summed E-state index contributed by atoms with van der Waals surface area (Å²) in [6.07, 6.45) is -0.511. The van der Waals surface area contributed by atoms with E-state index >= 15 is 0 Å². The van der Waals surface area contributed by atoms with Crippen LogP contribution in [-0.2, 0) is 6.42 Å². The maximum absolute atomic E-state index is 13.5. The van der Waals surface area contributed by atoms with Crippen molar-refractivity contribution in [1.82, 2.24) is 9.80 Å². The molecule has 0 aromatic heterocycles. The standard InChI is InChI=1S/C28H39F2N3O4/c1-5-7-32(8-6-2)27(36)21-9-18(3)10-22(14-21)28(37)33(16-19(4)34)17-26(35)25(31)13-20-11-23(29)15-24(30)12-20/h9-12,14-15,19,25-26,34-35H,5-8,13,16-17,31H2,1-4H3/t19?,25-,26+/m0/s1. The summed E-state index contributed by atoms with van der Waals surface area (Å²) in [6.45, 7) is 8.23. The fourth-order valence-electron chi connectivity index (χ4n) is 4.31. The predicted molar refractivity (Wildman–Crippen MR) is 139 cm³/mol. The highest BCUT2D eigenvalue weighted by Gasteiger charge is 2.26. The highest BCUT2D eigenvalue weighted by Crippen LogP contribution is 2.17. The molecule has 37 heavy (non-hydrogen) atoms. The molecular formula is C28H39F2N3O4. The fraction of sp³-hybridized carbons (Fsp3) is 0.500. The van der Waals surface area contributed by atoms with E-state index in [1.807, 2.05) is 13.8 Å². The minimum absolute atomic E-state index is 0.0135. The summed E-state index contributed by atoms with van der Waals surface area (Å²) in [7, 11) is 0. The van der Waals surface area contributed by atoms with Gasteiger partial charge in [-0.2, -0.15) is 0 Å². The van der Waals surface area contributed by atoms with E-state index in [0.717, 1.165) is 36.6 Å². The summed E-state index contributed by atoms with van der Waals surface area (Å²) < 4.78 is 27.1. The molecular weight excluding hydrogens is 480 g/mol. The van der Waals surface area contributed by atoms with E-state index in [1.165, 1.54) is 17.9 Å². The Balaban J connectivity index is 2.25. The first-order chi connectivity index (χ1) is 17.4. The van der Waals surface area contributed by atoms with Gasteiger partial charge in [0.1, 0.15) is 11.6 Å². The van der Waals surface area contributed by atoms with Gasteiger partial charge >= 0.3 is 0 Å². The average Bonchev–Trinajstić information content (AvgIpc) is 2.81. The Bertz CT molecular complexity index is 1040. The molecule has 0 heterocycles. The van der Waals surface area contributed by atoms with Gasteiger partial charge in [0.25, 0.3) is 11.8 Å². The summed E-state index contributed by atoms with van der Waals surface area (Å²) in [6, 6.07) is 7.03. The SMILES string of the molecule is CCCN(CCC)C(=O)c1cc(C)cc(C(=O)N(CC(C)O)C[C@@H](O)[C@@H](N)Cc2cc(F)cc(F)c2)c1. The van der Waals surface area contributed by atoms with Gasteiger partial charge in [0.05, 0.1) is 12.2 Å². The third kappa shape index (κ3) is 9.18. The van der Waals surface area contributed by atoms with Gasteiger partial charge < -0.3 is 25.7 Å². The van der Waals surface area contributed by atoms with Crippen LogP contribution in [-0.4, -0.2) is 76.3 Å². The van der Waals surface area contributed by atoms with Gasteiger partial charge in [-0.25, -0.2) is 8.78 Å². The van der Waals surface area contributed by atoms with E-state index < -0.39 is 35.8 Å². The van der Waals surface area contributed by atoms with Gasteiger partial charge in [-0.3, -0.25) is 9.59 Å². The number of aryl methyl sites for hydroxylation is 1. The number of rotatable bonds is 13. The number of aliphatic hydroxyl groups excluding tert-OH is 2. The van der Waals surface area contributed by atoms with Crippen LogP contribution in [0.2, 0.25) is 0 Å². The molecule has 1 unspecified atom stereocenters. The summed E-state index contributed by atoms with van der Waals surface area (Å²) in [5, 5.41) is 20.7. The second kappa shape index (κ2) is 14.2. The number of hydrogen-bond donors (Lipinski definition) is 3. The van der Waals surface area contributed by atoms with E-state index in [0.29, 0.717) is 18.7 Å². The van der Waals surface area contributed by atoms with Crippen LogP contribution in [0, 0.1) is 18.6 Å². The van der Waals surface area contributed by atoms with Gasteiger partial charge in [-0.1, -0.05) is 13.8 Å². The first-order valence-corrected chi connectivity index (χ1v) is 12.7.